The summed E-state index contributed by atoms with van der Waals surface area (Å²) >= 11 is 0. The molecule has 0 radical (unpaired) electrons. The first-order valence-electron chi connectivity index (χ1n) is 9.34. The molecular formula is C20H27N3O3. The van der Waals surface area contributed by atoms with Gasteiger partial charge in [0, 0.05) is 13.1 Å². The minimum atomic E-state index is -1.13. The van der Waals surface area contributed by atoms with Crippen LogP contribution in [-0.4, -0.2) is 47.3 Å². The quantitative estimate of drug-likeness (QED) is 0.762. The summed E-state index contributed by atoms with van der Waals surface area (Å²) in [5.74, 6) is 0.0457. The van der Waals surface area contributed by atoms with Crippen molar-refractivity contribution in [3.63, 3.8) is 0 Å². The Morgan fingerprint density at radius 2 is 1.92 bits per heavy atom. The van der Waals surface area contributed by atoms with Gasteiger partial charge in [0.1, 0.15) is 12.1 Å². The SMILES string of the molecule is CCCN(CC1CC1)C(=O)CN1C(=O)N[C@](C)(c2ccc(C)cc2)C1=O. The van der Waals surface area contributed by atoms with Gasteiger partial charge in [0.2, 0.25) is 5.91 Å². The van der Waals surface area contributed by atoms with E-state index in [1.54, 1.807) is 11.8 Å². The summed E-state index contributed by atoms with van der Waals surface area (Å²) in [5, 5.41) is 2.76. The number of hydrogen-bond donors (Lipinski definition) is 1. The van der Waals surface area contributed by atoms with E-state index >= 15 is 0 Å². The van der Waals surface area contributed by atoms with E-state index in [2.05, 4.69) is 5.32 Å². The third-order valence-corrected chi connectivity index (χ3v) is 5.22. The van der Waals surface area contributed by atoms with Crippen molar-refractivity contribution in [2.24, 2.45) is 5.92 Å². The predicted molar refractivity (Wildman–Crippen MR) is 98.4 cm³/mol. The van der Waals surface area contributed by atoms with Crippen molar-refractivity contribution in [1.82, 2.24) is 15.1 Å². The van der Waals surface area contributed by atoms with E-state index in [1.165, 1.54) is 0 Å². The van der Waals surface area contributed by atoms with Gasteiger partial charge in [-0.1, -0.05) is 36.8 Å². The van der Waals surface area contributed by atoms with Crippen molar-refractivity contribution in [3.05, 3.63) is 35.4 Å². The highest BCUT2D eigenvalue weighted by Crippen LogP contribution is 2.31. The molecule has 1 N–H and O–H groups in total. The maximum Gasteiger partial charge on any atom is 0.325 e. The number of amides is 4. The van der Waals surface area contributed by atoms with Gasteiger partial charge >= 0.3 is 6.03 Å². The second-order valence-electron chi connectivity index (χ2n) is 7.60. The van der Waals surface area contributed by atoms with Crippen molar-refractivity contribution in [3.8, 4) is 0 Å². The molecule has 0 spiro atoms. The highest BCUT2D eigenvalue weighted by atomic mass is 16.2. The Morgan fingerprint density at radius 1 is 1.27 bits per heavy atom. The Labute approximate surface area is 154 Å². The van der Waals surface area contributed by atoms with Crippen LogP contribution >= 0.6 is 0 Å². The fraction of sp³-hybridized carbons (Fsp3) is 0.550. The second kappa shape index (κ2) is 7.09. The smallest absolute Gasteiger partial charge is 0.325 e. The van der Waals surface area contributed by atoms with Gasteiger partial charge in [-0.2, -0.15) is 0 Å². The number of aryl methyl sites for hydroxylation is 1. The number of hydrogen-bond acceptors (Lipinski definition) is 3. The number of rotatable bonds is 7. The zero-order valence-electron chi connectivity index (χ0n) is 15.7. The van der Waals surface area contributed by atoms with Crippen LogP contribution in [0.25, 0.3) is 0 Å². The van der Waals surface area contributed by atoms with Crippen LogP contribution in [0.5, 0.6) is 0 Å². The zero-order chi connectivity index (χ0) is 18.9. The summed E-state index contributed by atoms with van der Waals surface area (Å²) in [5.41, 5.74) is 0.674. The van der Waals surface area contributed by atoms with E-state index in [0.717, 1.165) is 41.8 Å². The maximum absolute atomic E-state index is 12.9. The predicted octanol–water partition coefficient (Wildman–Crippen LogP) is 2.41. The molecule has 1 saturated heterocycles. The molecule has 6 heteroatoms. The lowest BCUT2D eigenvalue weighted by Gasteiger charge is -2.25. The largest absolute Gasteiger partial charge is 0.341 e. The van der Waals surface area contributed by atoms with Crippen LogP contribution in [0.2, 0.25) is 0 Å². The summed E-state index contributed by atoms with van der Waals surface area (Å²) in [6.07, 6.45) is 3.17. The summed E-state index contributed by atoms with van der Waals surface area (Å²) in [7, 11) is 0. The van der Waals surface area contributed by atoms with Crippen molar-refractivity contribution in [2.45, 2.75) is 45.6 Å². The Bertz CT molecular complexity index is 712. The summed E-state index contributed by atoms with van der Waals surface area (Å²) in [6, 6.07) is 7.00. The number of benzene rings is 1. The minimum Gasteiger partial charge on any atom is -0.341 e. The lowest BCUT2D eigenvalue weighted by atomic mass is 9.91. The van der Waals surface area contributed by atoms with Gasteiger partial charge in [0.15, 0.2) is 0 Å². The second-order valence-corrected chi connectivity index (χ2v) is 7.60. The van der Waals surface area contributed by atoms with Crippen LogP contribution < -0.4 is 5.32 Å². The molecule has 0 unspecified atom stereocenters. The van der Waals surface area contributed by atoms with Crippen LogP contribution in [0.1, 0.15) is 44.2 Å². The maximum atomic E-state index is 12.9. The topological polar surface area (TPSA) is 69.7 Å². The van der Waals surface area contributed by atoms with E-state index < -0.39 is 11.6 Å². The summed E-state index contributed by atoms with van der Waals surface area (Å²) in [6.45, 7) is 6.87. The van der Waals surface area contributed by atoms with Crippen molar-refractivity contribution < 1.29 is 14.4 Å². The Hall–Kier alpha value is -2.37. The number of imide groups is 1. The summed E-state index contributed by atoms with van der Waals surface area (Å²) < 4.78 is 0. The van der Waals surface area contributed by atoms with Crippen LogP contribution in [-0.2, 0) is 15.1 Å². The number of nitrogens with zero attached hydrogens (tertiary/aromatic N) is 2. The Kier molecular flexibility index (Phi) is 5.03. The molecule has 2 fully saturated rings. The van der Waals surface area contributed by atoms with E-state index in [1.807, 2.05) is 38.1 Å². The van der Waals surface area contributed by atoms with E-state index in [9.17, 15) is 14.4 Å². The molecule has 1 aliphatic carbocycles. The van der Waals surface area contributed by atoms with E-state index in [0.29, 0.717) is 12.5 Å². The first kappa shape index (κ1) is 18.4. The van der Waals surface area contributed by atoms with Gasteiger partial charge in [-0.15, -0.1) is 0 Å². The third kappa shape index (κ3) is 3.59. The fourth-order valence-corrected chi connectivity index (χ4v) is 3.36. The normalized spacial score (nSPS) is 22.5. The van der Waals surface area contributed by atoms with Gasteiger partial charge in [-0.25, -0.2) is 4.79 Å². The monoisotopic (exact) mass is 357 g/mol. The molecule has 0 aromatic heterocycles. The van der Waals surface area contributed by atoms with Crippen LogP contribution in [0, 0.1) is 12.8 Å². The molecule has 6 nitrogen and oxygen atoms in total. The number of urea groups is 1. The molecule has 1 aromatic rings. The summed E-state index contributed by atoms with van der Waals surface area (Å²) in [4.78, 5) is 40.9. The molecule has 3 rings (SSSR count). The highest BCUT2D eigenvalue weighted by Gasteiger charge is 2.49. The molecule has 1 atom stereocenters. The van der Waals surface area contributed by atoms with Crippen LogP contribution in [0.3, 0.4) is 0 Å². The van der Waals surface area contributed by atoms with E-state index in [-0.39, 0.29) is 18.4 Å². The molecule has 140 valence electrons. The number of nitrogens with one attached hydrogen (secondary N) is 1. The van der Waals surface area contributed by atoms with Crippen molar-refractivity contribution in [1.29, 1.82) is 0 Å². The van der Waals surface area contributed by atoms with Gasteiger partial charge < -0.3 is 10.2 Å². The Balaban J connectivity index is 1.73. The molecule has 2 aliphatic rings. The number of carbonyl (C=O) groups is 3. The third-order valence-electron chi connectivity index (χ3n) is 5.22. The fourth-order valence-electron chi connectivity index (χ4n) is 3.36. The van der Waals surface area contributed by atoms with Gasteiger partial charge in [0.05, 0.1) is 0 Å². The van der Waals surface area contributed by atoms with Gasteiger partial charge in [0.25, 0.3) is 5.91 Å². The zero-order valence-corrected chi connectivity index (χ0v) is 15.7. The highest BCUT2D eigenvalue weighted by molar-refractivity contribution is 6.09. The average Bonchev–Trinajstić information content (AvgIpc) is 3.39. The van der Waals surface area contributed by atoms with Crippen LogP contribution in [0.15, 0.2) is 24.3 Å². The molecule has 1 saturated carbocycles. The molecule has 26 heavy (non-hydrogen) atoms. The Morgan fingerprint density at radius 3 is 2.50 bits per heavy atom. The average molecular weight is 357 g/mol. The minimum absolute atomic E-state index is 0.157. The molecule has 1 aromatic carbocycles. The standard InChI is InChI=1S/C20H27N3O3/c1-4-11-22(12-15-7-8-15)17(24)13-23-18(25)20(3,21-19(23)26)16-9-5-14(2)6-10-16/h5-6,9-10,15H,4,7-8,11-13H2,1-3H3,(H,21,26)/t20-/m1/s1. The van der Waals surface area contributed by atoms with Crippen LogP contribution in [0.4, 0.5) is 4.79 Å². The van der Waals surface area contributed by atoms with Crippen molar-refractivity contribution in [2.75, 3.05) is 19.6 Å². The van der Waals surface area contributed by atoms with Gasteiger partial charge in [-0.3, -0.25) is 14.5 Å². The van der Waals surface area contributed by atoms with E-state index in [4.69, 9.17) is 0 Å². The molecular weight excluding hydrogens is 330 g/mol. The van der Waals surface area contributed by atoms with Gasteiger partial charge in [-0.05, 0) is 44.6 Å². The number of carbonyl (C=O) groups excluding carboxylic acids is 3. The molecule has 1 heterocycles. The lowest BCUT2D eigenvalue weighted by molar-refractivity contribution is -0.139. The van der Waals surface area contributed by atoms with Crippen molar-refractivity contribution >= 4 is 17.8 Å². The molecule has 4 amide bonds. The molecule has 0 bridgehead atoms. The lowest BCUT2D eigenvalue weighted by Crippen LogP contribution is -2.45. The first-order chi connectivity index (χ1) is 12.3. The molecule has 1 aliphatic heterocycles. The first-order valence-corrected chi connectivity index (χ1v) is 9.34.